The molecule has 9 nitrogen and oxygen atoms in total. The quantitative estimate of drug-likeness (QED) is 0.231. The Morgan fingerprint density at radius 2 is 1.94 bits per heavy atom. The van der Waals surface area contributed by atoms with Gasteiger partial charge in [0.25, 0.3) is 5.91 Å². The number of nitrogens with one attached hydrogen (secondary N) is 3. The molecule has 1 atom stereocenters. The zero-order valence-electron chi connectivity index (χ0n) is 20.6. The van der Waals surface area contributed by atoms with Gasteiger partial charge in [0.1, 0.15) is 11.3 Å². The van der Waals surface area contributed by atoms with Crippen molar-refractivity contribution in [2.45, 2.75) is 40.7 Å². The number of carboxylic acid groups (broad SMARTS) is 1. The summed E-state index contributed by atoms with van der Waals surface area (Å²) < 4.78 is 10.7. The molecule has 0 fully saturated rings. The molecule has 3 rings (SSSR count). The van der Waals surface area contributed by atoms with Gasteiger partial charge < -0.3 is 14.8 Å². The standard InChI is InChI=1S/C26H28N4O5S/c1-6-9-17(7-2)23-15(4)22(31)19-13-14(3)12-18(24(19)35-23)16(5)28-20-10-8-11-27-21(20)25(32)29-36-30-26(33)34/h6-13,16,28,30H,1-5H3,(H,29,32)(H,33,34)/b9-6-,17-7+. The van der Waals surface area contributed by atoms with Crippen molar-refractivity contribution in [3.8, 4) is 0 Å². The van der Waals surface area contributed by atoms with E-state index in [1.165, 1.54) is 6.20 Å². The van der Waals surface area contributed by atoms with E-state index in [0.29, 0.717) is 40.1 Å². The fourth-order valence-electron chi connectivity index (χ4n) is 3.82. The second kappa shape index (κ2) is 11.6. The van der Waals surface area contributed by atoms with Crippen molar-refractivity contribution >= 4 is 46.4 Å². The summed E-state index contributed by atoms with van der Waals surface area (Å²) in [7, 11) is 0. The van der Waals surface area contributed by atoms with Crippen LogP contribution in [0.5, 0.6) is 0 Å². The number of nitrogens with zero attached hydrogens (tertiary/aromatic N) is 1. The van der Waals surface area contributed by atoms with Crippen LogP contribution in [0.4, 0.5) is 10.5 Å². The summed E-state index contributed by atoms with van der Waals surface area (Å²) in [6.07, 6.45) is 5.86. The molecule has 10 heteroatoms. The Kier molecular flexibility index (Phi) is 8.55. The number of amides is 2. The molecule has 3 aromatic rings. The number of anilines is 1. The van der Waals surface area contributed by atoms with Gasteiger partial charge in [-0.25, -0.2) is 14.5 Å². The third-order valence-corrected chi connectivity index (χ3v) is 6.02. The normalized spacial score (nSPS) is 12.5. The highest BCUT2D eigenvalue weighted by Crippen LogP contribution is 2.31. The number of benzene rings is 1. The Balaban J connectivity index is 2.06. The van der Waals surface area contributed by atoms with Gasteiger partial charge >= 0.3 is 6.09 Å². The number of rotatable bonds is 8. The van der Waals surface area contributed by atoms with Gasteiger partial charge in [-0.2, -0.15) is 0 Å². The van der Waals surface area contributed by atoms with Crippen molar-refractivity contribution in [2.75, 3.05) is 5.32 Å². The molecule has 0 saturated carbocycles. The Hall–Kier alpha value is -4.05. The van der Waals surface area contributed by atoms with Crippen molar-refractivity contribution in [3.05, 3.63) is 87.1 Å². The molecule has 4 N–H and O–H groups in total. The lowest BCUT2D eigenvalue weighted by molar-refractivity contribution is 0.0980. The van der Waals surface area contributed by atoms with Crippen LogP contribution < -0.4 is 20.2 Å². The van der Waals surface area contributed by atoms with E-state index in [2.05, 4.69) is 15.0 Å². The number of aromatic nitrogens is 1. The first kappa shape index (κ1) is 26.6. The first-order valence-corrected chi connectivity index (χ1v) is 12.0. The van der Waals surface area contributed by atoms with Gasteiger partial charge in [0.2, 0.25) is 0 Å². The average Bonchev–Trinajstić information content (AvgIpc) is 2.84. The van der Waals surface area contributed by atoms with E-state index in [4.69, 9.17) is 9.52 Å². The van der Waals surface area contributed by atoms with Crippen LogP contribution in [-0.2, 0) is 0 Å². The van der Waals surface area contributed by atoms with Crippen molar-refractivity contribution in [1.29, 1.82) is 0 Å². The number of fused-ring (bicyclic) bond motifs is 1. The second-order valence-electron chi connectivity index (χ2n) is 8.07. The van der Waals surface area contributed by atoms with E-state index < -0.39 is 12.0 Å². The number of carbonyl (C=O) groups excluding carboxylic acids is 1. The molecule has 0 aliphatic heterocycles. The smallest absolute Gasteiger partial charge is 0.416 e. The third-order valence-electron chi connectivity index (χ3n) is 5.45. The van der Waals surface area contributed by atoms with E-state index in [1.54, 1.807) is 19.1 Å². The summed E-state index contributed by atoms with van der Waals surface area (Å²) >= 11 is 0.528. The Morgan fingerprint density at radius 1 is 1.19 bits per heavy atom. The maximum absolute atomic E-state index is 13.3. The van der Waals surface area contributed by atoms with Crippen LogP contribution in [0.3, 0.4) is 0 Å². The molecule has 1 unspecified atom stereocenters. The first-order chi connectivity index (χ1) is 17.2. The molecule has 0 radical (unpaired) electrons. The fraction of sp³-hybridized carbons (Fsp3) is 0.231. The van der Waals surface area contributed by atoms with E-state index in [0.717, 1.165) is 16.7 Å². The van der Waals surface area contributed by atoms with Crippen LogP contribution in [0.1, 0.15) is 59.8 Å². The van der Waals surface area contributed by atoms with Gasteiger partial charge in [-0.1, -0.05) is 24.3 Å². The number of aryl methyl sites for hydroxylation is 1. The minimum absolute atomic E-state index is 0.0864. The Morgan fingerprint density at radius 3 is 2.61 bits per heavy atom. The molecule has 36 heavy (non-hydrogen) atoms. The largest absolute Gasteiger partial charge is 0.464 e. The molecule has 0 saturated heterocycles. The van der Waals surface area contributed by atoms with Crippen molar-refractivity contribution in [1.82, 2.24) is 14.4 Å². The van der Waals surface area contributed by atoms with E-state index >= 15 is 0 Å². The van der Waals surface area contributed by atoms with Crippen LogP contribution in [0.15, 0.2) is 57.9 Å². The SMILES string of the molecule is C/C=C\C(=C/C)c1oc2c(C(C)Nc3cccnc3C(=O)NSNC(=O)O)cc(C)cc2c(=O)c1C. The maximum atomic E-state index is 13.3. The lowest BCUT2D eigenvalue weighted by atomic mass is 9.98. The molecule has 2 amide bonds. The van der Waals surface area contributed by atoms with Crippen LogP contribution in [-0.4, -0.2) is 22.1 Å². The predicted molar refractivity (Wildman–Crippen MR) is 143 cm³/mol. The summed E-state index contributed by atoms with van der Waals surface area (Å²) in [5.41, 5.74) is 3.86. The number of pyridine rings is 1. The monoisotopic (exact) mass is 508 g/mol. The fourth-order valence-corrected chi connectivity index (χ4v) is 4.15. The topological polar surface area (TPSA) is 134 Å². The highest BCUT2D eigenvalue weighted by molar-refractivity contribution is 7.96. The van der Waals surface area contributed by atoms with E-state index in [-0.39, 0.29) is 17.2 Å². The van der Waals surface area contributed by atoms with Gasteiger partial charge in [-0.3, -0.25) is 14.3 Å². The zero-order chi connectivity index (χ0) is 26.4. The summed E-state index contributed by atoms with van der Waals surface area (Å²) in [5.74, 6) is -0.0681. The van der Waals surface area contributed by atoms with E-state index in [1.807, 2.05) is 62.8 Å². The lowest BCUT2D eigenvalue weighted by Crippen LogP contribution is -2.25. The van der Waals surface area contributed by atoms with Crippen LogP contribution in [0.2, 0.25) is 0 Å². The number of hydrogen-bond donors (Lipinski definition) is 4. The molecule has 2 aromatic heterocycles. The van der Waals surface area contributed by atoms with Gasteiger partial charge in [0.15, 0.2) is 11.1 Å². The number of allylic oxidation sites excluding steroid dienone is 4. The molecule has 0 spiro atoms. The van der Waals surface area contributed by atoms with Gasteiger partial charge in [0.05, 0.1) is 29.2 Å². The summed E-state index contributed by atoms with van der Waals surface area (Å²) in [5, 5.41) is 12.5. The molecular formula is C26H28N4O5S. The number of hydrogen-bond acceptors (Lipinski definition) is 7. The number of carbonyl (C=O) groups is 2. The summed E-state index contributed by atoms with van der Waals surface area (Å²) in [6.45, 7) is 9.35. The molecule has 2 heterocycles. The van der Waals surface area contributed by atoms with E-state index in [9.17, 15) is 14.4 Å². The van der Waals surface area contributed by atoms with Gasteiger partial charge in [0, 0.05) is 22.9 Å². The van der Waals surface area contributed by atoms with Crippen molar-refractivity contribution in [3.63, 3.8) is 0 Å². The molecule has 0 aliphatic carbocycles. The third kappa shape index (κ3) is 5.77. The summed E-state index contributed by atoms with van der Waals surface area (Å²) in [6, 6.07) is 6.76. The predicted octanol–water partition coefficient (Wildman–Crippen LogP) is 5.52. The highest BCUT2D eigenvalue weighted by Gasteiger charge is 2.21. The minimum atomic E-state index is -1.29. The molecule has 0 aliphatic rings. The van der Waals surface area contributed by atoms with Gasteiger partial charge in [-0.15, -0.1) is 0 Å². The molecule has 1 aromatic carbocycles. The van der Waals surface area contributed by atoms with Crippen molar-refractivity contribution in [2.24, 2.45) is 0 Å². The second-order valence-corrected chi connectivity index (χ2v) is 8.68. The lowest BCUT2D eigenvalue weighted by Gasteiger charge is -2.20. The Bertz CT molecular complexity index is 1430. The van der Waals surface area contributed by atoms with Crippen LogP contribution >= 0.6 is 12.1 Å². The zero-order valence-corrected chi connectivity index (χ0v) is 21.4. The average molecular weight is 509 g/mol. The van der Waals surface area contributed by atoms with Crippen LogP contribution in [0, 0.1) is 13.8 Å². The van der Waals surface area contributed by atoms with Crippen molar-refractivity contribution < 1.29 is 19.1 Å². The minimum Gasteiger partial charge on any atom is -0.464 e. The summed E-state index contributed by atoms with van der Waals surface area (Å²) in [4.78, 5) is 40.7. The first-order valence-electron chi connectivity index (χ1n) is 11.2. The Labute approximate surface area is 213 Å². The van der Waals surface area contributed by atoms with Gasteiger partial charge in [-0.05, 0) is 58.4 Å². The molecular weight excluding hydrogens is 480 g/mol. The maximum Gasteiger partial charge on any atom is 0.416 e. The highest BCUT2D eigenvalue weighted by atomic mass is 32.2. The molecule has 0 bridgehead atoms. The molecule has 188 valence electrons. The van der Waals surface area contributed by atoms with Crippen LogP contribution in [0.25, 0.3) is 16.5 Å².